The number of aromatic nitrogens is 4. The number of aryl methyl sites for hydroxylation is 1. The number of hydrogen-bond acceptors (Lipinski definition) is 6. The van der Waals surface area contributed by atoms with Crippen LogP contribution in [0.1, 0.15) is 26.6 Å². The molecule has 0 spiro atoms. The fraction of sp³-hybridized carbons (Fsp3) is 0.722. The van der Waals surface area contributed by atoms with Crippen LogP contribution in [0.4, 0.5) is 0 Å². The van der Waals surface area contributed by atoms with E-state index in [0.29, 0.717) is 37.5 Å². The molecule has 0 saturated carbocycles. The highest BCUT2D eigenvalue weighted by atomic mass is 16.5. The Hall–Kier alpha value is -1.97. The lowest BCUT2D eigenvalue weighted by Gasteiger charge is -2.35. The molecule has 9 nitrogen and oxygen atoms in total. The molecular formula is C18H29N5O4. The summed E-state index contributed by atoms with van der Waals surface area (Å²) in [5.74, 6) is 0.768. The number of morpholine rings is 1. The van der Waals surface area contributed by atoms with Gasteiger partial charge < -0.3 is 14.0 Å². The van der Waals surface area contributed by atoms with Crippen LogP contribution in [0.3, 0.4) is 0 Å². The molecule has 0 bridgehead atoms. The summed E-state index contributed by atoms with van der Waals surface area (Å²) in [5.41, 5.74) is 0.168. The zero-order chi connectivity index (χ0) is 19.7. The van der Waals surface area contributed by atoms with E-state index in [1.807, 2.05) is 11.5 Å². The minimum absolute atomic E-state index is 0.146. The summed E-state index contributed by atoms with van der Waals surface area (Å²) in [5, 5.41) is 0. The topological polar surface area (TPSA) is 83.5 Å². The summed E-state index contributed by atoms with van der Waals surface area (Å²) in [6, 6.07) is 0. The van der Waals surface area contributed by atoms with Gasteiger partial charge >= 0.3 is 5.69 Å². The second kappa shape index (κ2) is 7.95. The molecule has 0 N–H and O–H groups in total. The molecule has 0 aliphatic carbocycles. The van der Waals surface area contributed by atoms with Gasteiger partial charge in [0.1, 0.15) is 5.82 Å². The second-order valence-corrected chi connectivity index (χ2v) is 7.21. The van der Waals surface area contributed by atoms with E-state index in [-0.39, 0.29) is 23.5 Å². The molecule has 3 heterocycles. The van der Waals surface area contributed by atoms with Crippen molar-refractivity contribution in [2.45, 2.75) is 46.1 Å². The van der Waals surface area contributed by atoms with Gasteiger partial charge in [-0.3, -0.25) is 18.8 Å². The predicted molar refractivity (Wildman–Crippen MR) is 102 cm³/mol. The predicted octanol–water partition coefficient (Wildman–Crippen LogP) is 0.0794. The summed E-state index contributed by atoms with van der Waals surface area (Å²) in [4.78, 5) is 32.0. The standard InChI is InChI=1S/C18H29N5O4/c1-6-26-8-7-23-14(11-22-9-12(2)27-13(3)10-22)19-16-15(23)17(24)21(5)18(25)20(16)4/h12-13H,6-11H2,1-5H3. The first-order valence-corrected chi connectivity index (χ1v) is 9.44. The first-order chi connectivity index (χ1) is 12.8. The summed E-state index contributed by atoms with van der Waals surface area (Å²) in [6.45, 7) is 9.85. The van der Waals surface area contributed by atoms with Crippen molar-refractivity contribution in [3.8, 4) is 0 Å². The molecule has 0 aromatic carbocycles. The quantitative estimate of drug-likeness (QED) is 0.661. The molecule has 2 aromatic rings. The zero-order valence-corrected chi connectivity index (χ0v) is 16.8. The minimum Gasteiger partial charge on any atom is -0.380 e. The normalized spacial score (nSPS) is 21.2. The van der Waals surface area contributed by atoms with Gasteiger partial charge in [0, 0.05) is 40.3 Å². The van der Waals surface area contributed by atoms with Crippen molar-refractivity contribution in [3.05, 3.63) is 26.7 Å². The highest BCUT2D eigenvalue weighted by Crippen LogP contribution is 2.17. The Kier molecular flexibility index (Phi) is 5.83. The van der Waals surface area contributed by atoms with Gasteiger partial charge in [0.05, 0.1) is 25.4 Å². The molecule has 0 radical (unpaired) electrons. The van der Waals surface area contributed by atoms with Gasteiger partial charge in [-0.2, -0.15) is 0 Å². The van der Waals surface area contributed by atoms with Crippen LogP contribution in [0.5, 0.6) is 0 Å². The summed E-state index contributed by atoms with van der Waals surface area (Å²) in [7, 11) is 3.14. The summed E-state index contributed by atoms with van der Waals surface area (Å²) in [6.07, 6.45) is 0.291. The lowest BCUT2D eigenvalue weighted by Crippen LogP contribution is -2.45. The Balaban J connectivity index is 2.06. The lowest BCUT2D eigenvalue weighted by molar-refractivity contribution is -0.0713. The SMILES string of the molecule is CCOCCn1c(CN2CC(C)OC(C)C2)nc2c1c(=O)n(C)c(=O)n2C. The van der Waals surface area contributed by atoms with Crippen LogP contribution in [0.25, 0.3) is 11.2 Å². The number of rotatable bonds is 6. The minimum atomic E-state index is -0.373. The average molecular weight is 379 g/mol. The van der Waals surface area contributed by atoms with E-state index in [1.54, 1.807) is 7.05 Å². The highest BCUT2D eigenvalue weighted by molar-refractivity contribution is 5.71. The van der Waals surface area contributed by atoms with Gasteiger partial charge in [-0.1, -0.05) is 0 Å². The van der Waals surface area contributed by atoms with Gasteiger partial charge in [0.25, 0.3) is 5.56 Å². The van der Waals surface area contributed by atoms with Crippen LogP contribution < -0.4 is 11.2 Å². The van der Waals surface area contributed by atoms with Crippen molar-refractivity contribution in [1.29, 1.82) is 0 Å². The fourth-order valence-corrected chi connectivity index (χ4v) is 3.77. The second-order valence-electron chi connectivity index (χ2n) is 7.21. The van der Waals surface area contributed by atoms with E-state index < -0.39 is 0 Å². The van der Waals surface area contributed by atoms with Crippen LogP contribution in [0.15, 0.2) is 9.59 Å². The number of hydrogen-bond donors (Lipinski definition) is 0. The molecule has 2 atom stereocenters. The van der Waals surface area contributed by atoms with Crippen molar-refractivity contribution in [3.63, 3.8) is 0 Å². The van der Waals surface area contributed by atoms with Crippen molar-refractivity contribution in [2.75, 3.05) is 26.3 Å². The third kappa shape index (κ3) is 3.85. The van der Waals surface area contributed by atoms with E-state index in [2.05, 4.69) is 23.7 Å². The lowest BCUT2D eigenvalue weighted by atomic mass is 10.2. The molecule has 150 valence electrons. The molecule has 9 heteroatoms. The summed E-state index contributed by atoms with van der Waals surface area (Å²) < 4.78 is 15.8. The third-order valence-electron chi connectivity index (χ3n) is 4.95. The first-order valence-electron chi connectivity index (χ1n) is 9.44. The Morgan fingerprint density at radius 2 is 1.81 bits per heavy atom. The monoisotopic (exact) mass is 379 g/mol. The zero-order valence-electron chi connectivity index (χ0n) is 16.8. The van der Waals surface area contributed by atoms with Crippen LogP contribution in [0.2, 0.25) is 0 Å². The molecular weight excluding hydrogens is 350 g/mol. The van der Waals surface area contributed by atoms with Gasteiger partial charge in [-0.25, -0.2) is 9.78 Å². The van der Waals surface area contributed by atoms with E-state index >= 15 is 0 Å². The Bertz CT molecular complexity index is 918. The first kappa shape index (κ1) is 19.8. The molecule has 1 aliphatic heterocycles. The molecule has 3 rings (SSSR count). The maximum atomic E-state index is 12.8. The maximum absolute atomic E-state index is 12.8. The van der Waals surface area contributed by atoms with Crippen molar-refractivity contribution >= 4 is 11.2 Å². The number of fused-ring (bicyclic) bond motifs is 1. The smallest absolute Gasteiger partial charge is 0.332 e. The van der Waals surface area contributed by atoms with Gasteiger partial charge in [0.15, 0.2) is 11.2 Å². The van der Waals surface area contributed by atoms with Gasteiger partial charge in [0.2, 0.25) is 0 Å². The van der Waals surface area contributed by atoms with Crippen LogP contribution in [-0.4, -0.2) is 62.1 Å². The molecule has 27 heavy (non-hydrogen) atoms. The molecule has 2 aromatic heterocycles. The molecule has 0 amide bonds. The Morgan fingerprint density at radius 1 is 1.15 bits per heavy atom. The molecule has 1 fully saturated rings. The van der Waals surface area contributed by atoms with E-state index in [0.717, 1.165) is 23.5 Å². The van der Waals surface area contributed by atoms with E-state index in [4.69, 9.17) is 9.47 Å². The average Bonchev–Trinajstić information content (AvgIpc) is 2.96. The van der Waals surface area contributed by atoms with Gasteiger partial charge in [-0.05, 0) is 20.8 Å². The number of imidazole rings is 1. The third-order valence-corrected chi connectivity index (χ3v) is 4.95. The van der Waals surface area contributed by atoms with Crippen molar-refractivity contribution in [1.82, 2.24) is 23.6 Å². The van der Waals surface area contributed by atoms with Crippen molar-refractivity contribution < 1.29 is 9.47 Å². The van der Waals surface area contributed by atoms with E-state index in [9.17, 15) is 9.59 Å². The van der Waals surface area contributed by atoms with E-state index in [1.165, 1.54) is 11.6 Å². The fourth-order valence-electron chi connectivity index (χ4n) is 3.77. The molecule has 1 saturated heterocycles. The Labute approximate surface area is 158 Å². The number of nitrogens with zero attached hydrogens (tertiary/aromatic N) is 5. The molecule has 2 unspecified atom stereocenters. The maximum Gasteiger partial charge on any atom is 0.332 e. The van der Waals surface area contributed by atoms with Crippen LogP contribution in [-0.2, 0) is 36.7 Å². The van der Waals surface area contributed by atoms with Gasteiger partial charge in [-0.15, -0.1) is 0 Å². The summed E-state index contributed by atoms with van der Waals surface area (Å²) >= 11 is 0. The van der Waals surface area contributed by atoms with Crippen LogP contribution in [0, 0.1) is 0 Å². The Morgan fingerprint density at radius 3 is 2.44 bits per heavy atom. The number of ether oxygens (including phenoxy) is 2. The molecule has 1 aliphatic rings. The highest BCUT2D eigenvalue weighted by Gasteiger charge is 2.25. The van der Waals surface area contributed by atoms with Crippen LogP contribution >= 0.6 is 0 Å². The largest absolute Gasteiger partial charge is 0.380 e. The van der Waals surface area contributed by atoms with Crippen molar-refractivity contribution in [2.24, 2.45) is 14.1 Å².